The molecule has 0 aliphatic heterocycles. The summed E-state index contributed by atoms with van der Waals surface area (Å²) in [5.41, 5.74) is 1.03. The summed E-state index contributed by atoms with van der Waals surface area (Å²) >= 11 is 1.62. The molecule has 0 saturated heterocycles. The molecule has 2 atom stereocenters. The molecule has 0 aromatic heterocycles. The lowest BCUT2D eigenvalue weighted by Gasteiger charge is -2.20. The van der Waals surface area contributed by atoms with E-state index in [1.807, 2.05) is 55.6 Å². The second-order valence-corrected chi connectivity index (χ2v) is 6.75. The third-order valence-corrected chi connectivity index (χ3v) is 4.68. The van der Waals surface area contributed by atoms with Crippen LogP contribution >= 0.6 is 11.8 Å². The van der Waals surface area contributed by atoms with Crippen molar-refractivity contribution in [1.82, 2.24) is 10.6 Å². The van der Waals surface area contributed by atoms with E-state index in [9.17, 15) is 9.59 Å². The number of urea groups is 1. The fraction of sp³-hybridized carbons (Fsp3) is 0.368. The van der Waals surface area contributed by atoms with Crippen LogP contribution in [-0.2, 0) is 9.53 Å². The third-order valence-electron chi connectivity index (χ3n) is 4.04. The number of benzene rings is 2. The Kier molecular flexibility index (Phi) is 7.13. The van der Waals surface area contributed by atoms with Gasteiger partial charge in [-0.3, -0.25) is 0 Å². The van der Waals surface area contributed by atoms with E-state index in [2.05, 4.69) is 10.6 Å². The normalized spacial score (nSPS) is 13.1. The van der Waals surface area contributed by atoms with Crippen molar-refractivity contribution in [3.63, 3.8) is 0 Å². The maximum Gasteiger partial charge on any atom is 0.328 e. The molecule has 2 aromatic carbocycles. The number of hydrogen-bond acceptors (Lipinski definition) is 4. The SMILES string of the molecule is COC(=O)[C@H](CCSC)NC(=O)N[C@@H](C)c1cccc2ccccc12. The standard InChI is InChI=1S/C19H24N2O3S/c1-13(15-10-6-8-14-7-4-5-9-16(14)15)20-19(23)21-17(11-12-25-3)18(22)24-2/h4-10,13,17H,11-12H2,1-3H3,(H2,20,21,23)/t13-,17-/m0/s1. The molecule has 5 nitrogen and oxygen atoms in total. The van der Waals surface area contributed by atoms with Gasteiger partial charge in [0.2, 0.25) is 0 Å². The first-order valence-electron chi connectivity index (χ1n) is 8.18. The van der Waals surface area contributed by atoms with Crippen LogP contribution < -0.4 is 10.6 Å². The molecule has 0 heterocycles. The van der Waals surface area contributed by atoms with Gasteiger partial charge in [0.05, 0.1) is 13.2 Å². The lowest BCUT2D eigenvalue weighted by molar-refractivity contribution is -0.142. The van der Waals surface area contributed by atoms with E-state index < -0.39 is 12.0 Å². The van der Waals surface area contributed by atoms with Crippen molar-refractivity contribution >= 4 is 34.5 Å². The molecular formula is C19H24N2O3S. The highest BCUT2D eigenvalue weighted by atomic mass is 32.2. The van der Waals surface area contributed by atoms with E-state index in [0.717, 1.165) is 22.1 Å². The van der Waals surface area contributed by atoms with E-state index in [0.29, 0.717) is 6.42 Å². The van der Waals surface area contributed by atoms with Crippen LogP contribution in [0.4, 0.5) is 4.79 Å². The first-order chi connectivity index (χ1) is 12.1. The van der Waals surface area contributed by atoms with Crippen molar-refractivity contribution in [3.05, 3.63) is 48.0 Å². The summed E-state index contributed by atoms with van der Waals surface area (Å²) in [7, 11) is 1.33. The van der Waals surface area contributed by atoms with Crippen LogP contribution in [0, 0.1) is 0 Å². The molecule has 2 amide bonds. The number of esters is 1. The number of amides is 2. The number of thioether (sulfide) groups is 1. The van der Waals surface area contributed by atoms with Gasteiger partial charge in [-0.2, -0.15) is 11.8 Å². The van der Waals surface area contributed by atoms with Crippen LogP contribution in [0.15, 0.2) is 42.5 Å². The van der Waals surface area contributed by atoms with Crippen molar-refractivity contribution in [2.24, 2.45) is 0 Å². The topological polar surface area (TPSA) is 67.4 Å². The molecule has 134 valence electrons. The number of nitrogens with one attached hydrogen (secondary N) is 2. The minimum atomic E-state index is -0.642. The highest BCUT2D eigenvalue weighted by Crippen LogP contribution is 2.23. The molecule has 0 radical (unpaired) electrons. The van der Waals surface area contributed by atoms with E-state index in [1.54, 1.807) is 11.8 Å². The van der Waals surface area contributed by atoms with Crippen molar-refractivity contribution < 1.29 is 14.3 Å². The average molecular weight is 360 g/mol. The van der Waals surface area contributed by atoms with E-state index in [-0.39, 0.29) is 12.1 Å². The Hall–Kier alpha value is -2.21. The van der Waals surface area contributed by atoms with Gasteiger partial charge in [-0.1, -0.05) is 42.5 Å². The molecule has 0 spiro atoms. The molecule has 0 bridgehead atoms. The predicted molar refractivity (Wildman–Crippen MR) is 103 cm³/mol. The van der Waals surface area contributed by atoms with Crippen LogP contribution in [-0.4, -0.2) is 37.2 Å². The minimum absolute atomic E-state index is 0.190. The molecule has 0 saturated carbocycles. The molecule has 0 aliphatic carbocycles. The van der Waals surface area contributed by atoms with Crippen molar-refractivity contribution in [2.75, 3.05) is 19.1 Å². The summed E-state index contributed by atoms with van der Waals surface area (Å²) in [6.45, 7) is 1.93. The summed E-state index contributed by atoms with van der Waals surface area (Å²) in [5.74, 6) is 0.334. The van der Waals surface area contributed by atoms with Crippen LogP contribution in [0.25, 0.3) is 10.8 Å². The largest absolute Gasteiger partial charge is 0.467 e. The molecule has 25 heavy (non-hydrogen) atoms. The van der Waals surface area contributed by atoms with Crippen molar-refractivity contribution in [1.29, 1.82) is 0 Å². The predicted octanol–water partition coefficient (Wildman–Crippen LogP) is 3.49. The number of carbonyl (C=O) groups excluding carboxylic acids is 2. The molecule has 2 N–H and O–H groups in total. The van der Waals surface area contributed by atoms with Gasteiger partial charge in [-0.25, -0.2) is 9.59 Å². The third kappa shape index (κ3) is 5.13. The Bertz CT molecular complexity index is 730. The summed E-state index contributed by atoms with van der Waals surface area (Å²) in [6.07, 6.45) is 2.49. The molecule has 0 fully saturated rings. The van der Waals surface area contributed by atoms with Crippen LogP contribution in [0.2, 0.25) is 0 Å². The second kappa shape index (κ2) is 9.32. The zero-order chi connectivity index (χ0) is 18.2. The highest BCUT2D eigenvalue weighted by molar-refractivity contribution is 7.98. The van der Waals surface area contributed by atoms with Gasteiger partial charge in [0.1, 0.15) is 6.04 Å². The zero-order valence-electron chi connectivity index (χ0n) is 14.7. The van der Waals surface area contributed by atoms with Gasteiger partial charge in [0.15, 0.2) is 0 Å². The lowest BCUT2D eigenvalue weighted by Crippen LogP contribution is -2.47. The Balaban J connectivity index is 2.06. The van der Waals surface area contributed by atoms with E-state index in [4.69, 9.17) is 4.74 Å². The molecule has 2 rings (SSSR count). The maximum absolute atomic E-state index is 12.3. The molecular weight excluding hydrogens is 336 g/mol. The second-order valence-electron chi connectivity index (χ2n) is 5.77. The highest BCUT2D eigenvalue weighted by Gasteiger charge is 2.22. The molecule has 0 aliphatic rings. The maximum atomic E-state index is 12.3. The monoisotopic (exact) mass is 360 g/mol. The summed E-state index contributed by atoms with van der Waals surface area (Å²) in [4.78, 5) is 24.1. The molecule has 6 heteroatoms. The van der Waals surface area contributed by atoms with Gasteiger partial charge in [0, 0.05) is 0 Å². The fourth-order valence-corrected chi connectivity index (χ4v) is 3.20. The Morgan fingerprint density at radius 1 is 1.12 bits per heavy atom. The van der Waals surface area contributed by atoms with Gasteiger partial charge < -0.3 is 15.4 Å². The van der Waals surface area contributed by atoms with Gasteiger partial charge in [0.25, 0.3) is 0 Å². The van der Waals surface area contributed by atoms with Gasteiger partial charge in [-0.05, 0) is 41.7 Å². The number of methoxy groups -OCH3 is 1. The quantitative estimate of drug-likeness (QED) is 0.742. The number of ether oxygens (including phenoxy) is 1. The number of carbonyl (C=O) groups is 2. The van der Waals surface area contributed by atoms with E-state index in [1.165, 1.54) is 7.11 Å². The minimum Gasteiger partial charge on any atom is -0.467 e. The lowest BCUT2D eigenvalue weighted by atomic mass is 10.00. The van der Waals surface area contributed by atoms with Crippen LogP contribution in [0.3, 0.4) is 0 Å². The number of rotatable bonds is 7. The molecule has 2 aromatic rings. The summed E-state index contributed by atoms with van der Waals surface area (Å²) in [5, 5.41) is 7.85. The Morgan fingerprint density at radius 2 is 1.84 bits per heavy atom. The first-order valence-corrected chi connectivity index (χ1v) is 9.57. The van der Waals surface area contributed by atoms with Gasteiger partial charge >= 0.3 is 12.0 Å². The van der Waals surface area contributed by atoms with Crippen molar-refractivity contribution in [3.8, 4) is 0 Å². The molecule has 0 unspecified atom stereocenters. The van der Waals surface area contributed by atoms with Crippen molar-refractivity contribution in [2.45, 2.75) is 25.4 Å². The Morgan fingerprint density at radius 3 is 2.56 bits per heavy atom. The smallest absolute Gasteiger partial charge is 0.328 e. The fourth-order valence-electron chi connectivity index (χ4n) is 2.73. The summed E-state index contributed by atoms with van der Waals surface area (Å²) < 4.78 is 4.77. The average Bonchev–Trinajstić information content (AvgIpc) is 2.63. The van der Waals surface area contributed by atoms with E-state index >= 15 is 0 Å². The Labute approximate surface area is 152 Å². The van der Waals surface area contributed by atoms with Crippen LogP contribution in [0.5, 0.6) is 0 Å². The number of hydrogen-bond donors (Lipinski definition) is 2. The number of fused-ring (bicyclic) bond motifs is 1. The summed E-state index contributed by atoms with van der Waals surface area (Å²) in [6, 6.07) is 12.9. The zero-order valence-corrected chi connectivity index (χ0v) is 15.6. The van der Waals surface area contributed by atoms with Crippen LogP contribution in [0.1, 0.15) is 24.9 Å². The first kappa shape index (κ1) is 19.1. The van der Waals surface area contributed by atoms with Gasteiger partial charge in [-0.15, -0.1) is 0 Å².